The minimum Gasteiger partial charge on any atom is -0.439 e. The summed E-state index contributed by atoms with van der Waals surface area (Å²) in [6.45, 7) is 6.72. The number of oxazole rings is 1. The van der Waals surface area contributed by atoms with Crippen LogP contribution in [0.1, 0.15) is 35.7 Å². The van der Waals surface area contributed by atoms with E-state index in [2.05, 4.69) is 27.0 Å². The molecule has 0 aliphatic carbocycles. The molecule has 1 N–H and O–H groups in total. The topological polar surface area (TPSA) is 58.0 Å². The number of halogens is 1. The van der Waals surface area contributed by atoms with Gasteiger partial charge in [0.1, 0.15) is 0 Å². The fourth-order valence-corrected chi connectivity index (χ4v) is 3.48. The lowest BCUT2D eigenvalue weighted by Gasteiger charge is -2.29. The second-order valence-electron chi connectivity index (χ2n) is 6.41. The quantitative estimate of drug-likeness (QED) is 0.777. The molecule has 0 saturated carbocycles. The third-order valence-electron chi connectivity index (χ3n) is 4.48. The summed E-state index contributed by atoms with van der Waals surface area (Å²) >= 11 is 5.96. The molecule has 6 heteroatoms. The highest BCUT2D eigenvalue weighted by molar-refractivity contribution is 6.30. The van der Waals surface area contributed by atoms with E-state index in [9.17, 15) is 0 Å². The van der Waals surface area contributed by atoms with Crippen molar-refractivity contribution in [1.82, 2.24) is 20.1 Å². The highest BCUT2D eigenvalue weighted by Crippen LogP contribution is 2.29. The minimum absolute atomic E-state index is 0.433. The number of nitrogens with zero attached hydrogens (tertiary/aromatic N) is 3. The fourth-order valence-electron chi connectivity index (χ4n) is 3.36. The van der Waals surface area contributed by atoms with E-state index in [0.29, 0.717) is 12.5 Å². The smallest absolute Gasteiger partial charge is 0.209 e. The fraction of sp³-hybridized carbons (Fsp3) is 0.333. The lowest BCUT2D eigenvalue weighted by molar-refractivity contribution is 0.205. The van der Waals surface area contributed by atoms with E-state index >= 15 is 0 Å². The molecule has 0 fully saturated rings. The third-order valence-corrected chi connectivity index (χ3v) is 4.73. The van der Waals surface area contributed by atoms with Crippen LogP contribution < -0.4 is 0 Å². The second kappa shape index (κ2) is 6.07. The Labute approximate surface area is 145 Å². The molecule has 2 aromatic heterocycles. The molecular weight excluding hydrogens is 324 g/mol. The number of hydrogen-bond donors (Lipinski definition) is 1. The van der Waals surface area contributed by atoms with E-state index in [4.69, 9.17) is 16.0 Å². The average molecular weight is 343 g/mol. The first-order valence-electron chi connectivity index (χ1n) is 8.07. The Balaban J connectivity index is 1.54. The van der Waals surface area contributed by atoms with Gasteiger partial charge in [0, 0.05) is 40.9 Å². The van der Waals surface area contributed by atoms with Crippen LogP contribution in [0, 0.1) is 6.92 Å². The number of hydrogen-bond acceptors (Lipinski definition) is 4. The van der Waals surface area contributed by atoms with Gasteiger partial charge in [0.2, 0.25) is 5.89 Å². The molecule has 1 aliphatic rings. The summed E-state index contributed by atoms with van der Waals surface area (Å²) in [7, 11) is 0. The van der Waals surface area contributed by atoms with Crippen LogP contribution in [0.15, 0.2) is 34.9 Å². The SMILES string of the molecule is Cc1nc(CN2Cc3cn[nH]c3C(C)C2)oc1-c1ccc(Cl)cc1. The van der Waals surface area contributed by atoms with Crippen molar-refractivity contribution in [3.63, 3.8) is 0 Å². The summed E-state index contributed by atoms with van der Waals surface area (Å²) in [4.78, 5) is 6.95. The zero-order chi connectivity index (χ0) is 16.7. The van der Waals surface area contributed by atoms with E-state index in [1.165, 1.54) is 11.3 Å². The highest BCUT2D eigenvalue weighted by atomic mass is 35.5. The van der Waals surface area contributed by atoms with E-state index in [1.54, 1.807) is 0 Å². The van der Waals surface area contributed by atoms with Crippen LogP contribution in [0.5, 0.6) is 0 Å². The maximum Gasteiger partial charge on any atom is 0.209 e. The number of aromatic amines is 1. The summed E-state index contributed by atoms with van der Waals surface area (Å²) in [5, 5.41) is 7.98. The molecular formula is C18H19ClN4O. The van der Waals surface area contributed by atoms with Gasteiger partial charge in [0.15, 0.2) is 5.76 Å². The van der Waals surface area contributed by atoms with Crippen LogP contribution in [-0.2, 0) is 13.1 Å². The van der Waals surface area contributed by atoms with Crippen molar-refractivity contribution >= 4 is 11.6 Å². The van der Waals surface area contributed by atoms with Crippen molar-refractivity contribution in [2.45, 2.75) is 32.9 Å². The van der Waals surface area contributed by atoms with Gasteiger partial charge in [-0.25, -0.2) is 4.98 Å². The first kappa shape index (κ1) is 15.4. The molecule has 4 rings (SSSR count). The van der Waals surface area contributed by atoms with E-state index in [0.717, 1.165) is 41.0 Å². The highest BCUT2D eigenvalue weighted by Gasteiger charge is 2.25. The van der Waals surface area contributed by atoms with Crippen LogP contribution in [-0.4, -0.2) is 26.6 Å². The standard InChI is InChI=1S/C18H19ClN4O/c1-11-8-23(9-14-7-20-22-17(11)14)10-16-21-12(2)18(24-16)13-3-5-15(19)6-4-13/h3-7,11H,8-10H2,1-2H3,(H,20,22). The predicted octanol–water partition coefficient (Wildman–Crippen LogP) is 4.15. The first-order chi connectivity index (χ1) is 11.6. The Kier molecular flexibility index (Phi) is 3.90. The van der Waals surface area contributed by atoms with Gasteiger partial charge in [-0.2, -0.15) is 5.10 Å². The third kappa shape index (κ3) is 2.85. The monoisotopic (exact) mass is 342 g/mol. The van der Waals surface area contributed by atoms with Gasteiger partial charge >= 0.3 is 0 Å². The Hall–Kier alpha value is -2.11. The zero-order valence-corrected chi connectivity index (χ0v) is 14.5. The molecule has 0 spiro atoms. The summed E-state index contributed by atoms with van der Waals surface area (Å²) in [5.41, 5.74) is 4.41. The van der Waals surface area contributed by atoms with Gasteiger partial charge in [0.05, 0.1) is 18.4 Å². The molecule has 0 bridgehead atoms. The Morgan fingerprint density at radius 3 is 2.92 bits per heavy atom. The largest absolute Gasteiger partial charge is 0.439 e. The molecule has 3 heterocycles. The van der Waals surface area contributed by atoms with Crippen molar-refractivity contribution in [2.75, 3.05) is 6.54 Å². The second-order valence-corrected chi connectivity index (χ2v) is 6.85. The van der Waals surface area contributed by atoms with Crippen LogP contribution in [0.2, 0.25) is 5.02 Å². The van der Waals surface area contributed by atoms with Gasteiger partial charge in [-0.1, -0.05) is 18.5 Å². The predicted molar refractivity (Wildman–Crippen MR) is 92.8 cm³/mol. The molecule has 0 amide bonds. The van der Waals surface area contributed by atoms with Gasteiger partial charge in [-0.05, 0) is 31.2 Å². The number of rotatable bonds is 3. The molecule has 124 valence electrons. The van der Waals surface area contributed by atoms with Crippen LogP contribution >= 0.6 is 11.6 Å². The maximum absolute atomic E-state index is 6.03. The zero-order valence-electron chi connectivity index (χ0n) is 13.7. The number of fused-ring (bicyclic) bond motifs is 1. The number of aryl methyl sites for hydroxylation is 1. The van der Waals surface area contributed by atoms with Crippen LogP contribution in [0.25, 0.3) is 11.3 Å². The average Bonchev–Trinajstić information content (AvgIpc) is 3.15. The Bertz CT molecular complexity index is 852. The Morgan fingerprint density at radius 2 is 2.12 bits per heavy atom. The minimum atomic E-state index is 0.433. The van der Waals surface area contributed by atoms with Crippen molar-refractivity contribution in [3.05, 3.63) is 58.3 Å². The molecule has 0 saturated heterocycles. The molecule has 24 heavy (non-hydrogen) atoms. The first-order valence-corrected chi connectivity index (χ1v) is 8.44. The molecule has 0 radical (unpaired) electrons. The molecule has 3 aromatic rings. The molecule has 1 aliphatic heterocycles. The van der Waals surface area contributed by atoms with Gasteiger partial charge < -0.3 is 4.42 Å². The van der Waals surface area contributed by atoms with E-state index in [1.807, 2.05) is 37.4 Å². The van der Waals surface area contributed by atoms with Gasteiger partial charge in [0.25, 0.3) is 0 Å². The van der Waals surface area contributed by atoms with Crippen molar-refractivity contribution in [2.24, 2.45) is 0 Å². The lowest BCUT2D eigenvalue weighted by Crippen LogP contribution is -2.32. The van der Waals surface area contributed by atoms with Crippen molar-refractivity contribution < 1.29 is 4.42 Å². The maximum atomic E-state index is 6.03. The lowest BCUT2D eigenvalue weighted by atomic mass is 9.99. The van der Waals surface area contributed by atoms with Crippen LogP contribution in [0.4, 0.5) is 0 Å². The van der Waals surface area contributed by atoms with Crippen molar-refractivity contribution in [1.29, 1.82) is 0 Å². The van der Waals surface area contributed by atoms with Gasteiger partial charge in [-0.3, -0.25) is 10.00 Å². The molecule has 5 nitrogen and oxygen atoms in total. The van der Waals surface area contributed by atoms with Gasteiger partial charge in [-0.15, -0.1) is 0 Å². The Morgan fingerprint density at radius 1 is 1.33 bits per heavy atom. The summed E-state index contributed by atoms with van der Waals surface area (Å²) in [6.07, 6.45) is 1.91. The summed E-state index contributed by atoms with van der Waals surface area (Å²) in [6, 6.07) is 7.65. The molecule has 1 atom stereocenters. The van der Waals surface area contributed by atoms with E-state index in [-0.39, 0.29) is 0 Å². The van der Waals surface area contributed by atoms with Crippen LogP contribution in [0.3, 0.4) is 0 Å². The summed E-state index contributed by atoms with van der Waals surface area (Å²) < 4.78 is 6.03. The number of aromatic nitrogens is 3. The summed E-state index contributed by atoms with van der Waals surface area (Å²) in [5.74, 6) is 2.00. The molecule has 1 aromatic carbocycles. The number of benzene rings is 1. The number of H-pyrrole nitrogens is 1. The number of nitrogens with one attached hydrogen (secondary N) is 1. The van der Waals surface area contributed by atoms with E-state index < -0.39 is 0 Å². The molecule has 1 unspecified atom stereocenters. The van der Waals surface area contributed by atoms with Crippen molar-refractivity contribution in [3.8, 4) is 11.3 Å². The normalized spacial score (nSPS) is 17.9.